The van der Waals surface area contributed by atoms with Crippen molar-refractivity contribution in [2.45, 2.75) is 20.0 Å². The molecular weight excluding hydrogens is 266 g/mol. The Kier molecular flexibility index (Phi) is 4.95. The second kappa shape index (κ2) is 6.90. The SMILES string of the molecule is Cc1ccc(/C=C/C(=O)NCC(O)c2ccccc2C)o1. The van der Waals surface area contributed by atoms with E-state index in [4.69, 9.17) is 4.42 Å². The number of nitrogens with one attached hydrogen (secondary N) is 1. The minimum absolute atomic E-state index is 0.172. The van der Waals surface area contributed by atoms with Gasteiger partial charge in [-0.3, -0.25) is 4.79 Å². The van der Waals surface area contributed by atoms with Gasteiger partial charge in [0.2, 0.25) is 5.91 Å². The maximum absolute atomic E-state index is 11.7. The summed E-state index contributed by atoms with van der Waals surface area (Å²) in [5.41, 5.74) is 1.82. The zero-order chi connectivity index (χ0) is 15.2. The molecule has 1 unspecified atom stereocenters. The number of benzene rings is 1. The quantitative estimate of drug-likeness (QED) is 0.830. The molecule has 0 saturated carbocycles. The van der Waals surface area contributed by atoms with Crippen molar-refractivity contribution >= 4 is 12.0 Å². The van der Waals surface area contributed by atoms with Crippen molar-refractivity contribution in [1.82, 2.24) is 5.32 Å². The molecule has 1 aromatic heterocycles. The Hall–Kier alpha value is -2.33. The Morgan fingerprint density at radius 2 is 2.05 bits per heavy atom. The maximum Gasteiger partial charge on any atom is 0.244 e. The predicted molar refractivity (Wildman–Crippen MR) is 81.6 cm³/mol. The molecule has 0 bridgehead atoms. The largest absolute Gasteiger partial charge is 0.462 e. The van der Waals surface area contributed by atoms with Crippen molar-refractivity contribution in [3.05, 3.63) is 65.1 Å². The Labute approximate surface area is 124 Å². The predicted octanol–water partition coefficient (Wildman–Crippen LogP) is 2.76. The third kappa shape index (κ3) is 4.33. The second-order valence-electron chi connectivity index (χ2n) is 4.90. The minimum atomic E-state index is -0.714. The molecule has 0 saturated heterocycles. The minimum Gasteiger partial charge on any atom is -0.462 e. The van der Waals surface area contributed by atoms with E-state index in [0.29, 0.717) is 5.76 Å². The molecule has 0 spiro atoms. The fraction of sp³-hybridized carbons (Fsp3) is 0.235. The highest BCUT2D eigenvalue weighted by Crippen LogP contribution is 2.16. The van der Waals surface area contributed by atoms with E-state index in [1.165, 1.54) is 6.08 Å². The Morgan fingerprint density at radius 3 is 2.71 bits per heavy atom. The van der Waals surface area contributed by atoms with E-state index in [2.05, 4.69) is 5.32 Å². The van der Waals surface area contributed by atoms with Gasteiger partial charge >= 0.3 is 0 Å². The highest BCUT2D eigenvalue weighted by Gasteiger charge is 2.10. The van der Waals surface area contributed by atoms with E-state index in [-0.39, 0.29) is 12.5 Å². The highest BCUT2D eigenvalue weighted by molar-refractivity contribution is 5.91. The standard InChI is InChI=1S/C17H19NO3/c1-12-5-3-4-6-15(12)16(19)11-18-17(20)10-9-14-8-7-13(2)21-14/h3-10,16,19H,11H2,1-2H3,(H,18,20)/b10-9+. The summed E-state index contributed by atoms with van der Waals surface area (Å²) in [5, 5.41) is 12.7. The number of carbonyl (C=O) groups excluding carboxylic acids is 1. The van der Waals surface area contributed by atoms with Crippen molar-refractivity contribution in [3.63, 3.8) is 0 Å². The molecule has 4 nitrogen and oxygen atoms in total. The van der Waals surface area contributed by atoms with Crippen LogP contribution in [0.15, 0.2) is 46.9 Å². The zero-order valence-electron chi connectivity index (χ0n) is 12.2. The summed E-state index contributed by atoms with van der Waals surface area (Å²) in [6.07, 6.45) is 2.28. The Balaban J connectivity index is 1.86. The van der Waals surface area contributed by atoms with Crippen LogP contribution in [0.25, 0.3) is 6.08 Å². The van der Waals surface area contributed by atoms with Crippen LogP contribution in [0.2, 0.25) is 0 Å². The van der Waals surface area contributed by atoms with Crippen LogP contribution in [-0.2, 0) is 4.79 Å². The molecule has 1 heterocycles. The Morgan fingerprint density at radius 1 is 1.29 bits per heavy atom. The molecule has 0 aliphatic carbocycles. The third-order valence-corrected chi connectivity index (χ3v) is 3.18. The van der Waals surface area contributed by atoms with Crippen molar-refractivity contribution in [2.24, 2.45) is 0 Å². The summed E-state index contributed by atoms with van der Waals surface area (Å²) in [7, 11) is 0. The summed E-state index contributed by atoms with van der Waals surface area (Å²) in [6.45, 7) is 3.95. The first kappa shape index (κ1) is 15.1. The molecule has 1 aromatic carbocycles. The van der Waals surface area contributed by atoms with Gasteiger partial charge in [0.05, 0.1) is 6.10 Å². The van der Waals surface area contributed by atoms with Gasteiger partial charge in [-0.05, 0) is 43.2 Å². The summed E-state index contributed by atoms with van der Waals surface area (Å²) in [6, 6.07) is 11.2. The van der Waals surface area contributed by atoms with Crippen LogP contribution in [0.3, 0.4) is 0 Å². The molecule has 0 fully saturated rings. The third-order valence-electron chi connectivity index (χ3n) is 3.18. The smallest absolute Gasteiger partial charge is 0.244 e. The van der Waals surface area contributed by atoms with Gasteiger partial charge in [0.25, 0.3) is 0 Å². The van der Waals surface area contributed by atoms with E-state index < -0.39 is 6.10 Å². The molecule has 2 N–H and O–H groups in total. The van der Waals surface area contributed by atoms with E-state index in [1.807, 2.05) is 44.2 Å². The second-order valence-corrected chi connectivity index (χ2v) is 4.90. The molecule has 1 amide bonds. The van der Waals surface area contributed by atoms with Gasteiger partial charge in [0.15, 0.2) is 0 Å². The lowest BCUT2D eigenvalue weighted by Gasteiger charge is -2.13. The Bertz CT molecular complexity index is 643. The van der Waals surface area contributed by atoms with Crippen LogP contribution in [0.4, 0.5) is 0 Å². The molecule has 0 aliphatic heterocycles. The van der Waals surface area contributed by atoms with Crippen molar-refractivity contribution in [2.75, 3.05) is 6.54 Å². The molecule has 110 valence electrons. The zero-order valence-corrected chi connectivity index (χ0v) is 12.2. The van der Waals surface area contributed by atoms with E-state index in [9.17, 15) is 9.90 Å². The first-order chi connectivity index (χ1) is 10.1. The van der Waals surface area contributed by atoms with E-state index in [1.54, 1.807) is 12.1 Å². The van der Waals surface area contributed by atoms with Gasteiger partial charge in [-0.2, -0.15) is 0 Å². The van der Waals surface area contributed by atoms with Crippen LogP contribution >= 0.6 is 0 Å². The summed E-state index contributed by atoms with van der Waals surface area (Å²) < 4.78 is 5.33. The highest BCUT2D eigenvalue weighted by atomic mass is 16.3. The number of aliphatic hydroxyl groups is 1. The fourth-order valence-corrected chi connectivity index (χ4v) is 2.03. The number of hydrogen-bond donors (Lipinski definition) is 2. The van der Waals surface area contributed by atoms with Crippen molar-refractivity contribution < 1.29 is 14.3 Å². The molecule has 1 atom stereocenters. The van der Waals surface area contributed by atoms with Crippen molar-refractivity contribution in [1.29, 1.82) is 0 Å². The number of aryl methyl sites for hydroxylation is 2. The average Bonchev–Trinajstić information content (AvgIpc) is 2.89. The average molecular weight is 285 g/mol. The normalized spacial score (nSPS) is 12.5. The molecule has 4 heteroatoms. The van der Waals surface area contributed by atoms with Crippen LogP contribution in [0.5, 0.6) is 0 Å². The molecule has 2 rings (SSSR count). The fourth-order valence-electron chi connectivity index (χ4n) is 2.03. The topological polar surface area (TPSA) is 62.5 Å². The van der Waals surface area contributed by atoms with Crippen LogP contribution in [-0.4, -0.2) is 17.6 Å². The van der Waals surface area contributed by atoms with Gasteiger partial charge < -0.3 is 14.8 Å². The van der Waals surface area contributed by atoms with Gasteiger partial charge in [0.1, 0.15) is 11.5 Å². The molecule has 2 aromatic rings. The van der Waals surface area contributed by atoms with E-state index >= 15 is 0 Å². The van der Waals surface area contributed by atoms with Gasteiger partial charge in [-0.15, -0.1) is 0 Å². The summed E-state index contributed by atoms with van der Waals surface area (Å²) >= 11 is 0. The molecule has 0 aliphatic rings. The van der Waals surface area contributed by atoms with Crippen LogP contribution < -0.4 is 5.32 Å². The number of furan rings is 1. The van der Waals surface area contributed by atoms with Gasteiger partial charge in [0, 0.05) is 12.6 Å². The van der Waals surface area contributed by atoms with Gasteiger partial charge in [-0.1, -0.05) is 24.3 Å². The molecule has 0 radical (unpaired) electrons. The van der Waals surface area contributed by atoms with E-state index in [0.717, 1.165) is 16.9 Å². The number of carbonyl (C=O) groups is 1. The lowest BCUT2D eigenvalue weighted by molar-refractivity contribution is -0.116. The maximum atomic E-state index is 11.7. The lowest BCUT2D eigenvalue weighted by Crippen LogP contribution is -2.26. The number of aliphatic hydroxyl groups excluding tert-OH is 1. The monoisotopic (exact) mass is 285 g/mol. The molecular formula is C17H19NO3. The number of rotatable bonds is 5. The molecule has 21 heavy (non-hydrogen) atoms. The first-order valence-corrected chi connectivity index (χ1v) is 6.82. The van der Waals surface area contributed by atoms with Crippen LogP contribution in [0.1, 0.15) is 28.8 Å². The first-order valence-electron chi connectivity index (χ1n) is 6.82. The summed E-state index contributed by atoms with van der Waals surface area (Å²) in [4.78, 5) is 11.7. The number of amides is 1. The van der Waals surface area contributed by atoms with Gasteiger partial charge in [-0.25, -0.2) is 0 Å². The van der Waals surface area contributed by atoms with Crippen molar-refractivity contribution in [3.8, 4) is 0 Å². The number of hydrogen-bond acceptors (Lipinski definition) is 3. The lowest BCUT2D eigenvalue weighted by atomic mass is 10.0. The van der Waals surface area contributed by atoms with Crippen LogP contribution in [0, 0.1) is 13.8 Å². The summed E-state index contributed by atoms with van der Waals surface area (Å²) in [5.74, 6) is 1.16.